The van der Waals surface area contributed by atoms with Crippen molar-refractivity contribution in [2.45, 2.75) is 39.3 Å². The van der Waals surface area contributed by atoms with E-state index < -0.39 is 0 Å². The summed E-state index contributed by atoms with van der Waals surface area (Å²) in [6, 6.07) is 4.14. The molecule has 2 rings (SSSR count). The molecule has 0 saturated heterocycles. The highest BCUT2D eigenvalue weighted by Gasteiger charge is 2.21. The summed E-state index contributed by atoms with van der Waals surface area (Å²) >= 11 is 0. The van der Waals surface area contributed by atoms with Crippen molar-refractivity contribution in [1.82, 2.24) is 5.32 Å². The Balaban J connectivity index is 2.02. The minimum Gasteiger partial charge on any atom is -0.370 e. The lowest BCUT2D eigenvalue weighted by Gasteiger charge is -2.06. The molecule has 0 bridgehead atoms. The van der Waals surface area contributed by atoms with E-state index in [1.807, 2.05) is 12.1 Å². The third-order valence-electron chi connectivity index (χ3n) is 2.86. The van der Waals surface area contributed by atoms with E-state index in [2.05, 4.69) is 10.3 Å². The summed E-state index contributed by atoms with van der Waals surface area (Å²) < 4.78 is 13.4. The number of nitrogens with two attached hydrogens (primary N) is 1. The average molecular weight is 235 g/mol. The fourth-order valence-corrected chi connectivity index (χ4v) is 1.79. The summed E-state index contributed by atoms with van der Waals surface area (Å²) in [4.78, 5) is 4.25. The maximum absolute atomic E-state index is 13.4. The fraction of sp³-hybridized carbons (Fsp3) is 0.462. The molecule has 3 nitrogen and oxygen atoms in total. The van der Waals surface area contributed by atoms with Crippen LogP contribution < -0.4 is 11.1 Å². The highest BCUT2D eigenvalue weighted by Crippen LogP contribution is 2.18. The van der Waals surface area contributed by atoms with Crippen molar-refractivity contribution in [2.24, 2.45) is 10.7 Å². The molecule has 1 aromatic carbocycles. The molecule has 92 valence electrons. The van der Waals surface area contributed by atoms with Crippen molar-refractivity contribution in [1.29, 1.82) is 0 Å². The van der Waals surface area contributed by atoms with E-state index >= 15 is 0 Å². The lowest BCUT2D eigenvalue weighted by Crippen LogP contribution is -2.33. The standard InChI is InChI=1S/C13H18FN3/c1-8-5-10(6-9(2)12(8)14)7-16-13(15)17-11-3-4-11/h5-6,11H,3-4,7H2,1-2H3,(H3,15,16,17). The first kappa shape index (κ1) is 11.9. The zero-order chi connectivity index (χ0) is 12.4. The Morgan fingerprint density at radius 1 is 1.41 bits per heavy atom. The molecule has 0 spiro atoms. The Labute approximate surface area is 101 Å². The number of nitrogens with one attached hydrogen (secondary N) is 1. The minimum absolute atomic E-state index is 0.137. The molecule has 1 aliphatic rings. The summed E-state index contributed by atoms with van der Waals surface area (Å²) in [5.74, 6) is 0.342. The third-order valence-corrected chi connectivity index (χ3v) is 2.86. The van der Waals surface area contributed by atoms with E-state index in [4.69, 9.17) is 5.73 Å². The highest BCUT2D eigenvalue weighted by atomic mass is 19.1. The number of nitrogens with zero attached hydrogens (tertiary/aromatic N) is 1. The molecular formula is C13H18FN3. The molecule has 0 atom stereocenters. The topological polar surface area (TPSA) is 50.4 Å². The quantitative estimate of drug-likeness (QED) is 0.622. The van der Waals surface area contributed by atoms with Gasteiger partial charge >= 0.3 is 0 Å². The summed E-state index contributed by atoms with van der Waals surface area (Å²) in [7, 11) is 0. The normalized spacial score (nSPS) is 16.1. The number of hydrogen-bond donors (Lipinski definition) is 2. The van der Waals surface area contributed by atoms with Crippen molar-refractivity contribution in [3.63, 3.8) is 0 Å². The molecule has 1 aromatic rings. The molecule has 1 fully saturated rings. The lowest BCUT2D eigenvalue weighted by atomic mass is 10.1. The van der Waals surface area contributed by atoms with Gasteiger partial charge in [-0.1, -0.05) is 12.1 Å². The van der Waals surface area contributed by atoms with E-state index in [9.17, 15) is 4.39 Å². The Bertz CT molecular complexity index is 427. The van der Waals surface area contributed by atoms with E-state index in [0.29, 0.717) is 29.7 Å². The minimum atomic E-state index is -0.137. The van der Waals surface area contributed by atoms with Crippen LogP contribution in [0.2, 0.25) is 0 Å². The summed E-state index contributed by atoms with van der Waals surface area (Å²) in [6.07, 6.45) is 2.34. The van der Waals surface area contributed by atoms with Crippen molar-refractivity contribution >= 4 is 5.96 Å². The highest BCUT2D eigenvalue weighted by molar-refractivity contribution is 5.78. The number of benzene rings is 1. The van der Waals surface area contributed by atoms with Crippen LogP contribution in [-0.4, -0.2) is 12.0 Å². The number of rotatable bonds is 3. The van der Waals surface area contributed by atoms with Crippen molar-refractivity contribution in [2.75, 3.05) is 0 Å². The maximum atomic E-state index is 13.4. The lowest BCUT2D eigenvalue weighted by molar-refractivity contribution is 0.608. The van der Waals surface area contributed by atoms with Crippen LogP contribution in [0.15, 0.2) is 17.1 Å². The molecule has 0 unspecified atom stereocenters. The maximum Gasteiger partial charge on any atom is 0.189 e. The van der Waals surface area contributed by atoms with Gasteiger partial charge in [-0.15, -0.1) is 0 Å². The molecule has 0 aliphatic heterocycles. The SMILES string of the molecule is Cc1cc(CN=C(N)NC2CC2)cc(C)c1F. The second kappa shape index (κ2) is 4.73. The van der Waals surface area contributed by atoms with Crippen LogP contribution in [0.4, 0.5) is 4.39 Å². The first-order valence-corrected chi connectivity index (χ1v) is 5.88. The smallest absolute Gasteiger partial charge is 0.189 e. The molecule has 0 radical (unpaired) electrons. The van der Waals surface area contributed by atoms with Gasteiger partial charge in [0.15, 0.2) is 5.96 Å². The number of guanidine groups is 1. The van der Waals surface area contributed by atoms with Gasteiger partial charge in [-0.05, 0) is 43.4 Å². The van der Waals surface area contributed by atoms with Crippen molar-refractivity contribution in [3.8, 4) is 0 Å². The summed E-state index contributed by atoms with van der Waals surface area (Å²) in [5.41, 5.74) is 8.03. The molecule has 1 aliphatic carbocycles. The predicted octanol–water partition coefficient (Wildman–Crippen LogP) is 2.01. The predicted molar refractivity (Wildman–Crippen MR) is 67.4 cm³/mol. The molecule has 0 aromatic heterocycles. The Morgan fingerprint density at radius 3 is 2.53 bits per heavy atom. The Hall–Kier alpha value is -1.58. The number of aliphatic imine (C=N–C) groups is 1. The van der Waals surface area contributed by atoms with E-state index in [0.717, 1.165) is 5.56 Å². The van der Waals surface area contributed by atoms with Crippen LogP contribution in [0, 0.1) is 19.7 Å². The third kappa shape index (κ3) is 3.19. The van der Waals surface area contributed by atoms with E-state index in [-0.39, 0.29) is 5.82 Å². The van der Waals surface area contributed by atoms with Crippen LogP contribution in [0.5, 0.6) is 0 Å². The molecule has 0 heterocycles. The average Bonchev–Trinajstić information content (AvgIpc) is 3.06. The monoisotopic (exact) mass is 235 g/mol. The van der Waals surface area contributed by atoms with Gasteiger partial charge in [-0.25, -0.2) is 9.38 Å². The second-order valence-corrected chi connectivity index (χ2v) is 4.66. The van der Waals surface area contributed by atoms with Crippen LogP contribution in [-0.2, 0) is 6.54 Å². The number of halogens is 1. The van der Waals surface area contributed by atoms with Crippen LogP contribution in [0.25, 0.3) is 0 Å². The van der Waals surface area contributed by atoms with Gasteiger partial charge in [-0.2, -0.15) is 0 Å². The second-order valence-electron chi connectivity index (χ2n) is 4.66. The summed E-state index contributed by atoms with van der Waals surface area (Å²) in [5, 5.41) is 3.12. The van der Waals surface area contributed by atoms with Crippen LogP contribution in [0.3, 0.4) is 0 Å². The first-order valence-electron chi connectivity index (χ1n) is 5.88. The first-order chi connectivity index (χ1) is 8.06. The largest absolute Gasteiger partial charge is 0.370 e. The van der Waals surface area contributed by atoms with Gasteiger partial charge in [0, 0.05) is 6.04 Å². The van der Waals surface area contributed by atoms with E-state index in [1.165, 1.54) is 12.8 Å². The van der Waals surface area contributed by atoms with Gasteiger partial charge < -0.3 is 11.1 Å². The summed E-state index contributed by atoms with van der Waals surface area (Å²) in [6.45, 7) is 4.02. The Morgan fingerprint density at radius 2 is 2.00 bits per heavy atom. The number of aryl methyl sites for hydroxylation is 2. The molecular weight excluding hydrogens is 217 g/mol. The van der Waals surface area contributed by atoms with Gasteiger partial charge in [0.05, 0.1) is 6.54 Å². The molecule has 3 N–H and O–H groups in total. The van der Waals surface area contributed by atoms with Crippen LogP contribution >= 0.6 is 0 Å². The zero-order valence-corrected chi connectivity index (χ0v) is 10.3. The van der Waals surface area contributed by atoms with Gasteiger partial charge in [0.2, 0.25) is 0 Å². The van der Waals surface area contributed by atoms with Gasteiger partial charge in [0.25, 0.3) is 0 Å². The fourth-order valence-electron chi connectivity index (χ4n) is 1.79. The molecule has 0 amide bonds. The zero-order valence-electron chi connectivity index (χ0n) is 10.3. The van der Waals surface area contributed by atoms with Crippen molar-refractivity contribution in [3.05, 3.63) is 34.6 Å². The van der Waals surface area contributed by atoms with Gasteiger partial charge in [-0.3, -0.25) is 0 Å². The van der Waals surface area contributed by atoms with Crippen molar-refractivity contribution < 1.29 is 4.39 Å². The molecule has 4 heteroatoms. The van der Waals surface area contributed by atoms with E-state index in [1.54, 1.807) is 13.8 Å². The van der Waals surface area contributed by atoms with Gasteiger partial charge in [0.1, 0.15) is 5.82 Å². The molecule has 1 saturated carbocycles. The Kier molecular flexibility index (Phi) is 3.31. The molecule has 17 heavy (non-hydrogen) atoms. The number of hydrogen-bond acceptors (Lipinski definition) is 1. The van der Waals surface area contributed by atoms with Crippen LogP contribution in [0.1, 0.15) is 29.5 Å².